The highest BCUT2D eigenvalue weighted by Gasteiger charge is 2.12. The van der Waals surface area contributed by atoms with Crippen LogP contribution in [-0.2, 0) is 14.2 Å². The third kappa shape index (κ3) is 25.3. The highest BCUT2D eigenvalue weighted by molar-refractivity contribution is 4.82. The lowest BCUT2D eigenvalue weighted by Crippen LogP contribution is -2.19. The standard InChI is InChI=1S/C32H62O5/c1-5-9-11-13-23-31(25-17-15-21-29(33)19-7-3)36-27-35-28-37-32(24-14-12-10-6-2)26-18-16-22-30(34)20-8-4/h9-12,29-34H,5-8,13-28H2,1-4H3. The summed E-state index contributed by atoms with van der Waals surface area (Å²) < 4.78 is 17.9. The minimum absolute atomic E-state index is 0.163. The SMILES string of the molecule is CCC=CCCC(CCCCC(O)CCC)OCOCOC(CCC=CCC)CCCCC(O)CCC. The number of aliphatic hydroxyl groups excluding tert-OH is 2. The molecule has 0 aliphatic heterocycles. The summed E-state index contributed by atoms with van der Waals surface area (Å²) in [6.45, 7) is 9.06. The van der Waals surface area contributed by atoms with Gasteiger partial charge < -0.3 is 24.4 Å². The van der Waals surface area contributed by atoms with Gasteiger partial charge in [-0.1, -0.05) is 90.5 Å². The van der Waals surface area contributed by atoms with Gasteiger partial charge >= 0.3 is 0 Å². The second kappa shape index (κ2) is 28.3. The molecule has 0 aromatic carbocycles. The van der Waals surface area contributed by atoms with Crippen molar-refractivity contribution in [2.24, 2.45) is 0 Å². The van der Waals surface area contributed by atoms with Crippen LogP contribution < -0.4 is 0 Å². The summed E-state index contributed by atoms with van der Waals surface area (Å²) in [4.78, 5) is 0. The first-order valence-corrected chi connectivity index (χ1v) is 15.5. The van der Waals surface area contributed by atoms with Gasteiger partial charge in [-0.15, -0.1) is 0 Å². The van der Waals surface area contributed by atoms with Gasteiger partial charge in [-0.2, -0.15) is 0 Å². The Labute approximate surface area is 230 Å². The first-order valence-electron chi connectivity index (χ1n) is 15.5. The van der Waals surface area contributed by atoms with E-state index in [1.54, 1.807) is 0 Å². The summed E-state index contributed by atoms with van der Waals surface area (Å²) in [5, 5.41) is 19.9. The Morgan fingerprint density at radius 3 is 1.30 bits per heavy atom. The quantitative estimate of drug-likeness (QED) is 0.0606. The van der Waals surface area contributed by atoms with E-state index in [1.807, 2.05) is 0 Å². The summed E-state index contributed by atoms with van der Waals surface area (Å²) in [6, 6.07) is 0. The van der Waals surface area contributed by atoms with Gasteiger partial charge in [0.15, 0.2) is 0 Å². The largest absolute Gasteiger partial charge is 0.393 e. The molecular formula is C32H62O5. The van der Waals surface area contributed by atoms with Gasteiger partial charge in [0.1, 0.15) is 13.6 Å². The lowest BCUT2D eigenvalue weighted by Gasteiger charge is -2.20. The first-order chi connectivity index (χ1) is 18.1. The maximum absolute atomic E-state index is 9.97. The Hall–Kier alpha value is -0.720. The van der Waals surface area contributed by atoms with Crippen molar-refractivity contribution in [3.63, 3.8) is 0 Å². The lowest BCUT2D eigenvalue weighted by molar-refractivity contribution is -0.167. The van der Waals surface area contributed by atoms with Crippen molar-refractivity contribution in [3.8, 4) is 0 Å². The Morgan fingerprint density at radius 1 is 0.514 bits per heavy atom. The summed E-state index contributed by atoms with van der Waals surface area (Å²) in [6.07, 6.45) is 26.9. The van der Waals surface area contributed by atoms with E-state index in [-0.39, 0.29) is 38.0 Å². The topological polar surface area (TPSA) is 68.2 Å². The van der Waals surface area contributed by atoms with Crippen LogP contribution >= 0.6 is 0 Å². The summed E-state index contributed by atoms with van der Waals surface area (Å²) in [5.41, 5.74) is 0. The van der Waals surface area contributed by atoms with Crippen LogP contribution in [0.25, 0.3) is 0 Å². The molecule has 0 spiro atoms. The maximum Gasteiger partial charge on any atom is 0.149 e. The van der Waals surface area contributed by atoms with Gasteiger partial charge in [-0.25, -0.2) is 0 Å². The molecular weight excluding hydrogens is 464 g/mol. The lowest BCUT2D eigenvalue weighted by atomic mass is 10.0. The molecule has 0 saturated carbocycles. The van der Waals surface area contributed by atoms with Crippen LogP contribution in [0.15, 0.2) is 24.3 Å². The molecule has 0 aliphatic carbocycles. The fraction of sp³-hybridized carbons (Fsp3) is 0.875. The van der Waals surface area contributed by atoms with E-state index in [2.05, 4.69) is 52.0 Å². The molecule has 0 heterocycles. The van der Waals surface area contributed by atoms with Crippen LogP contribution in [0, 0.1) is 0 Å². The third-order valence-corrected chi connectivity index (χ3v) is 6.76. The fourth-order valence-corrected chi connectivity index (χ4v) is 4.54. The minimum atomic E-state index is -0.163. The first kappa shape index (κ1) is 36.3. The van der Waals surface area contributed by atoms with Crippen LogP contribution in [-0.4, -0.2) is 48.2 Å². The minimum Gasteiger partial charge on any atom is -0.393 e. The van der Waals surface area contributed by atoms with E-state index in [1.165, 1.54) is 0 Å². The molecule has 220 valence electrons. The van der Waals surface area contributed by atoms with E-state index in [0.717, 1.165) is 116 Å². The summed E-state index contributed by atoms with van der Waals surface area (Å²) >= 11 is 0. The third-order valence-electron chi connectivity index (χ3n) is 6.76. The smallest absolute Gasteiger partial charge is 0.149 e. The van der Waals surface area contributed by atoms with Crippen molar-refractivity contribution in [1.29, 1.82) is 0 Å². The van der Waals surface area contributed by atoms with E-state index in [0.29, 0.717) is 0 Å². The predicted molar refractivity (Wildman–Crippen MR) is 157 cm³/mol. The molecule has 0 bridgehead atoms. The van der Waals surface area contributed by atoms with Crippen molar-refractivity contribution >= 4 is 0 Å². The molecule has 0 aromatic heterocycles. The van der Waals surface area contributed by atoms with Crippen molar-refractivity contribution in [1.82, 2.24) is 0 Å². The van der Waals surface area contributed by atoms with Crippen molar-refractivity contribution in [2.75, 3.05) is 13.6 Å². The van der Waals surface area contributed by atoms with Gasteiger partial charge in [0.25, 0.3) is 0 Å². The molecule has 37 heavy (non-hydrogen) atoms. The van der Waals surface area contributed by atoms with Gasteiger partial charge in [-0.3, -0.25) is 0 Å². The molecule has 0 saturated heterocycles. The van der Waals surface area contributed by atoms with Crippen LogP contribution in [0.5, 0.6) is 0 Å². The van der Waals surface area contributed by atoms with Crippen molar-refractivity contribution in [3.05, 3.63) is 24.3 Å². The van der Waals surface area contributed by atoms with Gasteiger partial charge in [-0.05, 0) is 77.0 Å². The molecule has 2 N–H and O–H groups in total. The van der Waals surface area contributed by atoms with Gasteiger partial charge in [0, 0.05) is 0 Å². The van der Waals surface area contributed by atoms with Gasteiger partial charge in [0.05, 0.1) is 24.4 Å². The Balaban J connectivity index is 4.38. The van der Waals surface area contributed by atoms with Crippen molar-refractivity contribution < 1.29 is 24.4 Å². The monoisotopic (exact) mass is 526 g/mol. The Kier molecular flexibility index (Phi) is 27.7. The number of hydrogen-bond donors (Lipinski definition) is 2. The molecule has 5 heteroatoms. The number of rotatable bonds is 28. The van der Waals surface area contributed by atoms with Crippen LogP contribution in [0.2, 0.25) is 0 Å². The average Bonchev–Trinajstić information content (AvgIpc) is 2.88. The number of unbranched alkanes of at least 4 members (excludes halogenated alkanes) is 2. The number of ether oxygens (including phenoxy) is 3. The van der Waals surface area contributed by atoms with E-state index >= 15 is 0 Å². The van der Waals surface area contributed by atoms with E-state index in [9.17, 15) is 10.2 Å². The zero-order valence-electron chi connectivity index (χ0n) is 24.9. The average molecular weight is 527 g/mol. The van der Waals surface area contributed by atoms with Crippen molar-refractivity contribution in [2.45, 2.75) is 168 Å². The highest BCUT2D eigenvalue weighted by Crippen LogP contribution is 2.17. The van der Waals surface area contributed by atoms with E-state index in [4.69, 9.17) is 14.2 Å². The Bertz CT molecular complexity index is 463. The molecule has 0 radical (unpaired) electrons. The molecule has 0 rings (SSSR count). The molecule has 0 aromatic rings. The normalized spacial score (nSPS) is 15.5. The van der Waals surface area contributed by atoms with Crippen LogP contribution in [0.4, 0.5) is 0 Å². The molecule has 4 atom stereocenters. The number of aliphatic hydroxyl groups is 2. The second-order valence-corrected chi connectivity index (χ2v) is 10.4. The zero-order valence-corrected chi connectivity index (χ0v) is 24.9. The number of hydrogen-bond acceptors (Lipinski definition) is 5. The molecule has 0 aliphatic rings. The maximum atomic E-state index is 9.97. The molecule has 0 fully saturated rings. The molecule has 4 unspecified atom stereocenters. The zero-order chi connectivity index (χ0) is 27.4. The van der Waals surface area contributed by atoms with Crippen LogP contribution in [0.1, 0.15) is 143 Å². The molecule has 5 nitrogen and oxygen atoms in total. The second-order valence-electron chi connectivity index (χ2n) is 10.4. The summed E-state index contributed by atoms with van der Waals surface area (Å²) in [7, 11) is 0. The molecule has 0 amide bonds. The predicted octanol–water partition coefficient (Wildman–Crippen LogP) is 8.62. The van der Waals surface area contributed by atoms with Crippen LogP contribution in [0.3, 0.4) is 0 Å². The number of allylic oxidation sites excluding steroid dienone is 4. The Morgan fingerprint density at radius 2 is 0.919 bits per heavy atom. The summed E-state index contributed by atoms with van der Waals surface area (Å²) in [5.74, 6) is 0. The van der Waals surface area contributed by atoms with Gasteiger partial charge in [0.2, 0.25) is 0 Å². The van der Waals surface area contributed by atoms with E-state index < -0.39 is 0 Å². The fourth-order valence-electron chi connectivity index (χ4n) is 4.54. The highest BCUT2D eigenvalue weighted by atomic mass is 16.7.